The van der Waals surface area contributed by atoms with Crippen LogP contribution in [0.15, 0.2) is 0 Å². The fourth-order valence-electron chi connectivity index (χ4n) is 3.74. The van der Waals surface area contributed by atoms with Gasteiger partial charge in [0, 0.05) is 23.9 Å². The van der Waals surface area contributed by atoms with E-state index < -0.39 is 5.60 Å². The van der Waals surface area contributed by atoms with Crippen LogP contribution in [0.1, 0.15) is 59.8 Å². The first-order valence-corrected chi connectivity index (χ1v) is 10.8. The third kappa shape index (κ3) is 6.33. The molecule has 0 spiro atoms. The van der Waals surface area contributed by atoms with E-state index in [1.807, 2.05) is 37.4 Å². The lowest BCUT2D eigenvalue weighted by Gasteiger charge is -2.38. The number of carbonyl (C=O) groups excluding carboxylic acids is 1. The second kappa shape index (κ2) is 8.96. The second-order valence-corrected chi connectivity index (χ2v) is 9.79. The summed E-state index contributed by atoms with van der Waals surface area (Å²) in [5.74, 6) is 0. The highest BCUT2D eigenvalue weighted by atomic mass is 32.2. The van der Waals surface area contributed by atoms with E-state index in [2.05, 4.69) is 18.5 Å². The molecule has 1 N–H and O–H groups in total. The number of hydrogen-bond acceptors (Lipinski definition) is 5. The molecule has 2 atom stereocenters. The molecule has 6 heteroatoms. The molecular weight excluding hydrogens is 336 g/mol. The van der Waals surface area contributed by atoms with Crippen molar-refractivity contribution in [2.24, 2.45) is 0 Å². The van der Waals surface area contributed by atoms with E-state index >= 15 is 0 Å². The molecule has 0 aromatic heterocycles. The van der Waals surface area contributed by atoms with Crippen molar-refractivity contribution < 1.29 is 14.3 Å². The first kappa shape index (κ1) is 20.8. The lowest BCUT2D eigenvalue weighted by Crippen LogP contribution is -2.52. The smallest absolute Gasteiger partial charge is 0.410 e. The van der Waals surface area contributed by atoms with Gasteiger partial charge in [0.15, 0.2) is 0 Å². The van der Waals surface area contributed by atoms with E-state index in [0.29, 0.717) is 30.5 Å². The predicted molar refractivity (Wildman–Crippen MR) is 104 cm³/mol. The quantitative estimate of drug-likeness (QED) is 0.771. The molecule has 0 bridgehead atoms. The Morgan fingerprint density at radius 1 is 1.40 bits per heavy atom. The maximum atomic E-state index is 12.5. The van der Waals surface area contributed by atoms with Crippen LogP contribution in [0.25, 0.3) is 0 Å². The molecule has 0 aromatic rings. The van der Waals surface area contributed by atoms with Crippen LogP contribution in [-0.4, -0.2) is 66.0 Å². The molecule has 5 nitrogen and oxygen atoms in total. The lowest BCUT2D eigenvalue weighted by atomic mass is 10.0. The van der Waals surface area contributed by atoms with Crippen LogP contribution in [0.3, 0.4) is 0 Å². The van der Waals surface area contributed by atoms with Crippen LogP contribution < -0.4 is 5.32 Å². The van der Waals surface area contributed by atoms with E-state index in [4.69, 9.17) is 9.47 Å². The highest BCUT2D eigenvalue weighted by molar-refractivity contribution is 8.00. The molecule has 1 aliphatic carbocycles. The van der Waals surface area contributed by atoms with Crippen LogP contribution in [0.4, 0.5) is 4.79 Å². The summed E-state index contributed by atoms with van der Waals surface area (Å²) in [6.45, 7) is 10.8. The Kier molecular flexibility index (Phi) is 7.47. The van der Waals surface area contributed by atoms with Gasteiger partial charge in [0.2, 0.25) is 0 Å². The standard InChI is InChI=1S/C19H36N2O3S/c1-15(20-14-19(25-5)8-6-7-9-19)12-16-13-23-11-10-21(16)17(22)24-18(2,3)4/h15-16,20H,6-14H2,1-5H3. The van der Waals surface area contributed by atoms with Crippen LogP contribution in [0, 0.1) is 0 Å². The van der Waals surface area contributed by atoms with Crippen molar-refractivity contribution in [2.45, 2.75) is 82.2 Å². The molecule has 25 heavy (non-hydrogen) atoms. The fourth-order valence-corrected chi connectivity index (χ4v) is 4.66. The summed E-state index contributed by atoms with van der Waals surface area (Å²) in [5.41, 5.74) is -0.461. The fraction of sp³-hybridized carbons (Fsp3) is 0.947. The Balaban J connectivity index is 1.86. The summed E-state index contributed by atoms with van der Waals surface area (Å²) < 4.78 is 11.6. The molecule has 0 aromatic carbocycles. The summed E-state index contributed by atoms with van der Waals surface area (Å²) in [6.07, 6.45) is 8.22. The summed E-state index contributed by atoms with van der Waals surface area (Å²) in [4.78, 5) is 14.3. The van der Waals surface area contributed by atoms with Gasteiger partial charge >= 0.3 is 6.09 Å². The molecule has 1 heterocycles. The highest BCUT2D eigenvalue weighted by Gasteiger charge is 2.35. The summed E-state index contributed by atoms with van der Waals surface area (Å²) in [7, 11) is 0. The Bertz CT molecular complexity index is 433. The average molecular weight is 373 g/mol. The number of nitrogens with one attached hydrogen (secondary N) is 1. The lowest BCUT2D eigenvalue weighted by molar-refractivity contribution is -0.0356. The topological polar surface area (TPSA) is 50.8 Å². The van der Waals surface area contributed by atoms with Crippen molar-refractivity contribution in [3.8, 4) is 0 Å². The predicted octanol–water partition coefficient (Wildman–Crippen LogP) is 3.67. The average Bonchev–Trinajstić information content (AvgIpc) is 3.01. The largest absolute Gasteiger partial charge is 0.444 e. The minimum absolute atomic E-state index is 0.0832. The minimum Gasteiger partial charge on any atom is -0.444 e. The molecule has 2 rings (SSSR count). The Labute approximate surface area is 157 Å². The third-order valence-electron chi connectivity index (χ3n) is 5.20. The number of carbonyl (C=O) groups is 1. The van der Waals surface area contributed by atoms with Gasteiger partial charge in [0.25, 0.3) is 0 Å². The van der Waals surface area contributed by atoms with Gasteiger partial charge in [-0.15, -0.1) is 0 Å². The molecule has 146 valence electrons. The maximum absolute atomic E-state index is 12.5. The van der Waals surface area contributed by atoms with Crippen LogP contribution >= 0.6 is 11.8 Å². The normalized spacial score (nSPS) is 25.0. The Morgan fingerprint density at radius 3 is 2.68 bits per heavy atom. The van der Waals surface area contributed by atoms with E-state index in [9.17, 15) is 4.79 Å². The van der Waals surface area contributed by atoms with Gasteiger partial charge in [-0.05, 0) is 53.2 Å². The van der Waals surface area contributed by atoms with Crippen LogP contribution in [-0.2, 0) is 9.47 Å². The van der Waals surface area contributed by atoms with Crippen molar-refractivity contribution in [1.29, 1.82) is 0 Å². The number of morpholine rings is 1. The molecule has 1 amide bonds. The number of ether oxygens (including phenoxy) is 2. The summed E-state index contributed by atoms with van der Waals surface area (Å²) >= 11 is 2.01. The van der Waals surface area contributed by atoms with E-state index in [1.165, 1.54) is 25.7 Å². The molecule has 2 aliphatic rings. The van der Waals surface area contributed by atoms with Gasteiger partial charge < -0.3 is 19.7 Å². The van der Waals surface area contributed by atoms with Crippen molar-refractivity contribution in [3.05, 3.63) is 0 Å². The zero-order chi connectivity index (χ0) is 18.5. The molecule has 0 radical (unpaired) electrons. The number of thioether (sulfide) groups is 1. The van der Waals surface area contributed by atoms with E-state index in [0.717, 1.165) is 13.0 Å². The monoisotopic (exact) mass is 372 g/mol. The van der Waals surface area contributed by atoms with Crippen molar-refractivity contribution in [2.75, 3.05) is 32.6 Å². The summed E-state index contributed by atoms with van der Waals surface area (Å²) in [5, 5.41) is 3.72. The summed E-state index contributed by atoms with van der Waals surface area (Å²) in [6, 6.07) is 0.432. The van der Waals surface area contributed by atoms with Gasteiger partial charge in [-0.3, -0.25) is 0 Å². The van der Waals surface area contributed by atoms with E-state index in [1.54, 1.807) is 0 Å². The van der Waals surface area contributed by atoms with Gasteiger partial charge in [-0.2, -0.15) is 11.8 Å². The van der Waals surface area contributed by atoms with Gasteiger partial charge in [-0.1, -0.05) is 12.8 Å². The molecular formula is C19H36N2O3S. The first-order valence-electron chi connectivity index (χ1n) is 9.61. The number of hydrogen-bond donors (Lipinski definition) is 1. The maximum Gasteiger partial charge on any atom is 0.410 e. The molecule has 1 saturated carbocycles. The Hall–Kier alpha value is -0.460. The first-order chi connectivity index (χ1) is 11.7. The van der Waals surface area contributed by atoms with Crippen molar-refractivity contribution in [3.63, 3.8) is 0 Å². The zero-order valence-corrected chi connectivity index (χ0v) is 17.4. The van der Waals surface area contributed by atoms with Crippen molar-refractivity contribution in [1.82, 2.24) is 10.2 Å². The zero-order valence-electron chi connectivity index (χ0n) is 16.6. The highest BCUT2D eigenvalue weighted by Crippen LogP contribution is 2.39. The SMILES string of the molecule is CSC1(CNC(C)CC2COCCN2C(=O)OC(C)(C)C)CCCC1. The number of amides is 1. The minimum atomic E-state index is -0.461. The van der Waals surface area contributed by atoms with Gasteiger partial charge in [0.1, 0.15) is 5.60 Å². The molecule has 2 fully saturated rings. The van der Waals surface area contributed by atoms with Crippen molar-refractivity contribution >= 4 is 17.9 Å². The van der Waals surface area contributed by atoms with E-state index in [-0.39, 0.29) is 12.1 Å². The third-order valence-corrected chi connectivity index (χ3v) is 6.62. The van der Waals surface area contributed by atoms with Crippen LogP contribution in [0.2, 0.25) is 0 Å². The number of rotatable bonds is 6. The number of nitrogens with zero attached hydrogens (tertiary/aromatic N) is 1. The second-order valence-electron chi connectivity index (χ2n) is 8.51. The molecule has 1 aliphatic heterocycles. The van der Waals surface area contributed by atoms with Gasteiger partial charge in [0.05, 0.1) is 19.3 Å². The molecule has 2 unspecified atom stereocenters. The Morgan fingerprint density at radius 2 is 2.08 bits per heavy atom. The van der Waals surface area contributed by atoms with Crippen LogP contribution in [0.5, 0.6) is 0 Å². The van der Waals surface area contributed by atoms with Gasteiger partial charge in [-0.25, -0.2) is 4.79 Å². The molecule has 1 saturated heterocycles.